The van der Waals surface area contributed by atoms with Crippen LogP contribution in [0, 0.1) is 0 Å². The van der Waals surface area contributed by atoms with Crippen molar-refractivity contribution in [1.82, 2.24) is 9.97 Å². The fourth-order valence-corrected chi connectivity index (χ4v) is 0.777. The lowest BCUT2D eigenvalue weighted by Crippen LogP contribution is -1.96. The van der Waals surface area contributed by atoms with Gasteiger partial charge < -0.3 is 8.83 Å². The van der Waals surface area contributed by atoms with Gasteiger partial charge in [-0.15, -0.1) is 0 Å². The minimum atomic E-state index is -0.356. The van der Waals surface area contributed by atoms with Crippen molar-refractivity contribution >= 4 is 5.78 Å². The third kappa shape index (κ3) is 1.01. The Labute approximate surface area is 67.0 Å². The van der Waals surface area contributed by atoms with E-state index in [1.165, 1.54) is 25.2 Å². The Morgan fingerprint density at radius 1 is 1.08 bits per heavy atom. The third-order valence-electron chi connectivity index (χ3n) is 1.31. The molecule has 0 saturated heterocycles. The zero-order valence-electron chi connectivity index (χ0n) is 5.93. The van der Waals surface area contributed by atoms with Gasteiger partial charge >= 0.3 is 0 Å². The highest BCUT2D eigenvalue weighted by Gasteiger charge is 2.15. The van der Waals surface area contributed by atoms with Crippen LogP contribution in [-0.4, -0.2) is 15.8 Å². The monoisotopic (exact) mass is 164 g/mol. The Bertz CT molecular complexity index is 327. The van der Waals surface area contributed by atoms with E-state index in [1.54, 1.807) is 0 Å². The molecule has 0 aliphatic carbocycles. The molecule has 2 aromatic rings. The third-order valence-corrected chi connectivity index (χ3v) is 1.31. The minimum Gasteiger partial charge on any atom is -0.440 e. The van der Waals surface area contributed by atoms with Gasteiger partial charge in [0.15, 0.2) is 24.3 Å². The van der Waals surface area contributed by atoms with E-state index in [9.17, 15) is 4.79 Å². The van der Waals surface area contributed by atoms with Crippen molar-refractivity contribution in [1.29, 1.82) is 0 Å². The summed E-state index contributed by atoms with van der Waals surface area (Å²) in [6, 6.07) is 0. The Morgan fingerprint density at radius 3 is 1.92 bits per heavy atom. The molecule has 0 saturated carbocycles. The van der Waals surface area contributed by atoms with Crippen LogP contribution in [0.2, 0.25) is 0 Å². The summed E-state index contributed by atoms with van der Waals surface area (Å²) in [5.74, 6) is -0.0662. The highest BCUT2D eigenvalue weighted by atomic mass is 16.4. The molecule has 5 nitrogen and oxygen atoms in total. The summed E-state index contributed by atoms with van der Waals surface area (Å²) in [4.78, 5) is 18.5. The summed E-state index contributed by atoms with van der Waals surface area (Å²) < 4.78 is 9.54. The number of carbonyl (C=O) groups excluding carboxylic acids is 1. The molecule has 2 aromatic heterocycles. The fourth-order valence-electron chi connectivity index (χ4n) is 0.777. The van der Waals surface area contributed by atoms with Gasteiger partial charge in [0.05, 0.1) is 12.4 Å². The van der Waals surface area contributed by atoms with Crippen molar-refractivity contribution in [2.45, 2.75) is 0 Å². The second-order valence-electron chi connectivity index (χ2n) is 2.06. The van der Waals surface area contributed by atoms with Gasteiger partial charge in [0, 0.05) is 0 Å². The second kappa shape index (κ2) is 2.61. The SMILES string of the molecule is O=C(c1cnco1)c1cnco1. The fraction of sp³-hybridized carbons (Fsp3) is 0. The Kier molecular flexibility index (Phi) is 1.48. The molecular weight excluding hydrogens is 160 g/mol. The lowest BCUT2D eigenvalue weighted by Gasteiger charge is -1.86. The van der Waals surface area contributed by atoms with Crippen LogP contribution in [0.1, 0.15) is 16.3 Å². The average molecular weight is 164 g/mol. The van der Waals surface area contributed by atoms with E-state index in [1.807, 2.05) is 0 Å². The first-order valence-corrected chi connectivity index (χ1v) is 3.19. The van der Waals surface area contributed by atoms with E-state index in [-0.39, 0.29) is 17.3 Å². The van der Waals surface area contributed by atoms with Gasteiger partial charge in [-0.05, 0) is 0 Å². The van der Waals surface area contributed by atoms with Crippen LogP contribution < -0.4 is 0 Å². The number of carbonyl (C=O) groups is 1. The number of nitrogens with zero attached hydrogens (tertiary/aromatic N) is 2. The van der Waals surface area contributed by atoms with Crippen molar-refractivity contribution < 1.29 is 13.6 Å². The summed E-state index contributed by atoms with van der Waals surface area (Å²) >= 11 is 0. The number of oxazole rings is 2. The van der Waals surface area contributed by atoms with Gasteiger partial charge in [-0.2, -0.15) is 0 Å². The normalized spacial score (nSPS) is 10.0. The van der Waals surface area contributed by atoms with Crippen LogP contribution in [-0.2, 0) is 0 Å². The van der Waals surface area contributed by atoms with Gasteiger partial charge in [-0.25, -0.2) is 9.97 Å². The van der Waals surface area contributed by atoms with Crippen LogP contribution in [0.4, 0.5) is 0 Å². The first-order valence-electron chi connectivity index (χ1n) is 3.19. The molecule has 0 aliphatic rings. The Hall–Kier alpha value is -1.91. The molecule has 0 unspecified atom stereocenters. The van der Waals surface area contributed by atoms with Crippen LogP contribution in [0.15, 0.2) is 34.0 Å². The number of rotatable bonds is 2. The zero-order valence-corrected chi connectivity index (χ0v) is 5.93. The van der Waals surface area contributed by atoms with E-state index in [0.29, 0.717) is 0 Å². The molecule has 0 fully saturated rings. The topological polar surface area (TPSA) is 69.1 Å². The van der Waals surface area contributed by atoms with Crippen molar-refractivity contribution in [2.24, 2.45) is 0 Å². The molecule has 0 aromatic carbocycles. The maximum absolute atomic E-state index is 11.3. The van der Waals surface area contributed by atoms with Crippen LogP contribution in [0.25, 0.3) is 0 Å². The summed E-state index contributed by atoms with van der Waals surface area (Å²) in [5.41, 5.74) is 0. The van der Waals surface area contributed by atoms with Gasteiger partial charge in [-0.1, -0.05) is 0 Å². The summed E-state index contributed by atoms with van der Waals surface area (Å²) in [7, 11) is 0. The number of hydrogen-bond donors (Lipinski definition) is 0. The molecular formula is C7H4N2O3. The predicted molar refractivity (Wildman–Crippen MR) is 36.4 cm³/mol. The zero-order chi connectivity index (χ0) is 8.39. The summed E-state index contributed by atoms with van der Waals surface area (Å²) in [5, 5.41) is 0. The molecule has 0 atom stereocenters. The lowest BCUT2D eigenvalue weighted by atomic mass is 10.3. The first-order chi connectivity index (χ1) is 5.88. The number of aromatic nitrogens is 2. The maximum Gasteiger partial charge on any atom is 0.266 e. The molecule has 0 bridgehead atoms. The van der Waals surface area contributed by atoms with Gasteiger partial charge in [0.25, 0.3) is 5.78 Å². The van der Waals surface area contributed by atoms with E-state index in [2.05, 4.69) is 9.97 Å². The largest absolute Gasteiger partial charge is 0.440 e. The maximum atomic E-state index is 11.3. The van der Waals surface area contributed by atoms with Gasteiger partial charge in [0.2, 0.25) is 0 Å². The molecule has 0 spiro atoms. The van der Waals surface area contributed by atoms with Crippen molar-refractivity contribution in [3.05, 3.63) is 36.7 Å². The van der Waals surface area contributed by atoms with Gasteiger partial charge in [0.1, 0.15) is 0 Å². The highest BCUT2D eigenvalue weighted by Crippen LogP contribution is 2.06. The van der Waals surface area contributed by atoms with Crippen molar-refractivity contribution in [2.75, 3.05) is 0 Å². The van der Waals surface area contributed by atoms with E-state index in [4.69, 9.17) is 8.83 Å². The average Bonchev–Trinajstić information content (AvgIpc) is 2.77. The molecule has 0 radical (unpaired) electrons. The summed E-state index contributed by atoms with van der Waals surface area (Å²) in [6.45, 7) is 0. The molecule has 5 heteroatoms. The van der Waals surface area contributed by atoms with Crippen molar-refractivity contribution in [3.8, 4) is 0 Å². The Balaban J connectivity index is 2.34. The molecule has 0 aliphatic heterocycles. The number of hydrogen-bond acceptors (Lipinski definition) is 5. The minimum absolute atomic E-state index is 0.145. The van der Waals surface area contributed by atoms with E-state index < -0.39 is 0 Å². The standard InChI is InChI=1S/C7H4N2O3/c10-7(5-1-8-3-11-5)6-2-9-4-12-6/h1-4H. The Morgan fingerprint density at radius 2 is 1.58 bits per heavy atom. The smallest absolute Gasteiger partial charge is 0.266 e. The van der Waals surface area contributed by atoms with E-state index >= 15 is 0 Å². The molecule has 2 rings (SSSR count). The highest BCUT2D eigenvalue weighted by molar-refractivity contribution is 6.04. The first kappa shape index (κ1) is 6.78. The van der Waals surface area contributed by atoms with Crippen LogP contribution >= 0.6 is 0 Å². The quantitative estimate of drug-likeness (QED) is 0.616. The number of ketones is 1. The molecule has 0 N–H and O–H groups in total. The summed E-state index contributed by atoms with van der Waals surface area (Å²) in [6.07, 6.45) is 5.02. The predicted octanol–water partition coefficient (Wildman–Crippen LogP) is 0.894. The lowest BCUT2D eigenvalue weighted by molar-refractivity contribution is 0.0983. The molecule has 0 amide bonds. The van der Waals surface area contributed by atoms with Crippen LogP contribution in [0.5, 0.6) is 0 Å². The molecule has 2 heterocycles. The van der Waals surface area contributed by atoms with Crippen LogP contribution in [0.3, 0.4) is 0 Å². The molecule has 60 valence electrons. The van der Waals surface area contributed by atoms with Crippen molar-refractivity contribution in [3.63, 3.8) is 0 Å². The van der Waals surface area contributed by atoms with E-state index in [0.717, 1.165) is 0 Å². The van der Waals surface area contributed by atoms with Gasteiger partial charge in [-0.3, -0.25) is 4.79 Å². The second-order valence-corrected chi connectivity index (χ2v) is 2.06. The molecule has 12 heavy (non-hydrogen) atoms.